The van der Waals surface area contributed by atoms with Crippen LogP contribution in [0.1, 0.15) is 12.8 Å². The first-order valence-electron chi connectivity index (χ1n) is 6.89. The molecular formula is C15H19N3O2. The number of rotatable bonds is 3. The van der Waals surface area contributed by atoms with Gasteiger partial charge >= 0.3 is 0 Å². The van der Waals surface area contributed by atoms with E-state index in [2.05, 4.69) is 9.97 Å². The molecule has 1 N–H and O–H groups in total. The predicted molar refractivity (Wildman–Crippen MR) is 77.8 cm³/mol. The second kappa shape index (κ2) is 5.34. The summed E-state index contributed by atoms with van der Waals surface area (Å²) in [6, 6.07) is 7.92. The highest BCUT2D eigenvalue weighted by molar-refractivity contribution is 5.89. The number of benzene rings is 1. The van der Waals surface area contributed by atoms with Crippen molar-refractivity contribution in [2.45, 2.75) is 18.4 Å². The van der Waals surface area contributed by atoms with Crippen molar-refractivity contribution < 1.29 is 9.84 Å². The third-order valence-electron chi connectivity index (χ3n) is 3.84. The van der Waals surface area contributed by atoms with Gasteiger partial charge in [0.15, 0.2) is 0 Å². The highest BCUT2D eigenvalue weighted by atomic mass is 16.5. The van der Waals surface area contributed by atoms with Gasteiger partial charge < -0.3 is 14.7 Å². The van der Waals surface area contributed by atoms with Crippen LogP contribution in [0, 0.1) is 0 Å². The van der Waals surface area contributed by atoms with Gasteiger partial charge in [-0.3, -0.25) is 0 Å². The number of para-hydroxylation sites is 1. The molecule has 3 rings (SSSR count). The maximum Gasteiger partial charge on any atom is 0.139 e. The van der Waals surface area contributed by atoms with Gasteiger partial charge in [-0.2, -0.15) is 0 Å². The Labute approximate surface area is 118 Å². The Morgan fingerprint density at radius 2 is 2.00 bits per heavy atom. The number of aromatic nitrogens is 2. The van der Waals surface area contributed by atoms with Crippen LogP contribution in [0.15, 0.2) is 30.6 Å². The van der Waals surface area contributed by atoms with E-state index in [1.54, 1.807) is 6.33 Å². The average molecular weight is 273 g/mol. The summed E-state index contributed by atoms with van der Waals surface area (Å²) in [5, 5.41) is 11.6. The summed E-state index contributed by atoms with van der Waals surface area (Å²) in [5.74, 6) is 0.857. The number of hydrogen-bond donors (Lipinski definition) is 1. The molecule has 0 unspecified atom stereocenters. The number of likely N-dealkylation sites (N-methyl/N-ethyl adjacent to an activating group) is 1. The first kappa shape index (κ1) is 13.3. The molecule has 1 aromatic carbocycles. The van der Waals surface area contributed by atoms with Crippen LogP contribution < -0.4 is 4.90 Å². The van der Waals surface area contributed by atoms with E-state index in [-0.39, 0.29) is 0 Å². The van der Waals surface area contributed by atoms with Crippen LogP contribution in [0.2, 0.25) is 0 Å². The van der Waals surface area contributed by atoms with E-state index < -0.39 is 5.60 Å². The fraction of sp³-hybridized carbons (Fsp3) is 0.467. The van der Waals surface area contributed by atoms with Crippen molar-refractivity contribution in [1.29, 1.82) is 0 Å². The number of hydrogen-bond acceptors (Lipinski definition) is 5. The third kappa shape index (κ3) is 2.59. The van der Waals surface area contributed by atoms with Gasteiger partial charge in [-0.05, 0) is 12.1 Å². The summed E-state index contributed by atoms with van der Waals surface area (Å²) in [6.45, 7) is 1.79. The fourth-order valence-electron chi connectivity index (χ4n) is 2.72. The predicted octanol–water partition coefficient (Wildman–Crippen LogP) is 1.61. The molecule has 5 nitrogen and oxygen atoms in total. The Morgan fingerprint density at radius 3 is 2.80 bits per heavy atom. The molecule has 1 saturated heterocycles. The van der Waals surface area contributed by atoms with Crippen LogP contribution in [0.3, 0.4) is 0 Å². The minimum absolute atomic E-state index is 0.553. The fourth-order valence-corrected chi connectivity index (χ4v) is 2.72. The van der Waals surface area contributed by atoms with Gasteiger partial charge in [0.1, 0.15) is 12.1 Å². The highest BCUT2D eigenvalue weighted by Gasteiger charge is 2.31. The van der Waals surface area contributed by atoms with E-state index in [4.69, 9.17) is 4.74 Å². The third-order valence-corrected chi connectivity index (χ3v) is 3.84. The van der Waals surface area contributed by atoms with Crippen molar-refractivity contribution in [2.75, 3.05) is 31.7 Å². The molecule has 0 atom stereocenters. The van der Waals surface area contributed by atoms with Gasteiger partial charge in [0, 0.05) is 45.0 Å². The maximum atomic E-state index is 10.6. The van der Waals surface area contributed by atoms with Crippen molar-refractivity contribution in [3.05, 3.63) is 30.6 Å². The minimum Gasteiger partial charge on any atom is -0.388 e. The zero-order chi connectivity index (χ0) is 14.0. The lowest BCUT2D eigenvalue weighted by atomic mass is 9.94. The lowest BCUT2D eigenvalue weighted by molar-refractivity contribution is -0.0573. The van der Waals surface area contributed by atoms with Crippen LogP contribution in [0.4, 0.5) is 5.82 Å². The van der Waals surface area contributed by atoms with Gasteiger partial charge in [-0.15, -0.1) is 0 Å². The Kier molecular flexibility index (Phi) is 3.54. The molecule has 0 saturated carbocycles. The molecule has 0 aliphatic carbocycles. The summed E-state index contributed by atoms with van der Waals surface area (Å²) in [5.41, 5.74) is 0.224. The maximum absolute atomic E-state index is 10.6. The largest absolute Gasteiger partial charge is 0.388 e. The first-order valence-corrected chi connectivity index (χ1v) is 6.89. The standard InChI is InChI=1S/C15H19N3O2/c1-18(10-15(19)6-8-20-9-7-15)14-12-4-2-3-5-13(12)16-11-17-14/h2-5,11,19H,6-10H2,1H3. The van der Waals surface area contributed by atoms with E-state index in [1.807, 2.05) is 36.2 Å². The zero-order valence-electron chi connectivity index (χ0n) is 11.6. The molecule has 5 heteroatoms. The molecule has 1 aliphatic rings. The molecule has 2 aromatic rings. The monoisotopic (exact) mass is 273 g/mol. The van der Waals surface area contributed by atoms with Gasteiger partial charge in [0.2, 0.25) is 0 Å². The van der Waals surface area contributed by atoms with Crippen molar-refractivity contribution >= 4 is 16.7 Å². The highest BCUT2D eigenvalue weighted by Crippen LogP contribution is 2.26. The molecule has 0 amide bonds. The topological polar surface area (TPSA) is 58.5 Å². The molecule has 0 spiro atoms. The van der Waals surface area contributed by atoms with Crippen molar-refractivity contribution in [1.82, 2.24) is 9.97 Å². The number of ether oxygens (including phenoxy) is 1. The molecule has 1 aliphatic heterocycles. The quantitative estimate of drug-likeness (QED) is 0.920. The normalized spacial score (nSPS) is 18.1. The summed E-state index contributed by atoms with van der Waals surface area (Å²) in [6.07, 6.45) is 2.91. The molecule has 2 heterocycles. The van der Waals surface area contributed by atoms with Crippen LogP contribution >= 0.6 is 0 Å². The van der Waals surface area contributed by atoms with E-state index >= 15 is 0 Å². The second-order valence-electron chi connectivity index (χ2n) is 5.41. The molecule has 0 bridgehead atoms. The van der Waals surface area contributed by atoms with Crippen molar-refractivity contribution in [3.63, 3.8) is 0 Å². The van der Waals surface area contributed by atoms with Crippen LogP contribution in [0.5, 0.6) is 0 Å². The van der Waals surface area contributed by atoms with Crippen LogP contribution in [-0.2, 0) is 4.74 Å². The van der Waals surface area contributed by atoms with Crippen LogP contribution in [0.25, 0.3) is 10.9 Å². The molecule has 20 heavy (non-hydrogen) atoms. The second-order valence-corrected chi connectivity index (χ2v) is 5.41. The van der Waals surface area contributed by atoms with Crippen molar-refractivity contribution in [2.24, 2.45) is 0 Å². The SMILES string of the molecule is CN(CC1(O)CCOCC1)c1ncnc2ccccc12. The van der Waals surface area contributed by atoms with Gasteiger partial charge in [0.05, 0.1) is 11.1 Å². The molecular weight excluding hydrogens is 254 g/mol. The van der Waals surface area contributed by atoms with Crippen molar-refractivity contribution in [3.8, 4) is 0 Å². The Balaban J connectivity index is 1.87. The average Bonchev–Trinajstić information content (AvgIpc) is 2.47. The molecule has 1 aromatic heterocycles. The van der Waals surface area contributed by atoms with E-state index in [0.717, 1.165) is 16.7 Å². The lowest BCUT2D eigenvalue weighted by Gasteiger charge is -2.36. The Bertz CT molecular complexity index is 591. The van der Waals surface area contributed by atoms with E-state index in [9.17, 15) is 5.11 Å². The summed E-state index contributed by atoms with van der Waals surface area (Å²) in [7, 11) is 1.96. The Morgan fingerprint density at radius 1 is 1.25 bits per heavy atom. The molecule has 106 valence electrons. The molecule has 1 fully saturated rings. The number of aliphatic hydroxyl groups is 1. The van der Waals surface area contributed by atoms with E-state index in [0.29, 0.717) is 32.6 Å². The summed E-state index contributed by atoms with van der Waals surface area (Å²) >= 11 is 0. The summed E-state index contributed by atoms with van der Waals surface area (Å²) in [4.78, 5) is 10.7. The number of fused-ring (bicyclic) bond motifs is 1. The zero-order valence-corrected chi connectivity index (χ0v) is 11.6. The minimum atomic E-state index is -0.695. The van der Waals surface area contributed by atoms with Crippen LogP contribution in [-0.4, -0.2) is 47.5 Å². The van der Waals surface area contributed by atoms with Gasteiger partial charge in [-0.1, -0.05) is 12.1 Å². The number of nitrogens with zero attached hydrogens (tertiary/aromatic N) is 3. The lowest BCUT2D eigenvalue weighted by Crippen LogP contribution is -2.46. The Hall–Kier alpha value is -1.72. The smallest absolute Gasteiger partial charge is 0.139 e. The summed E-state index contributed by atoms with van der Waals surface area (Å²) < 4.78 is 5.32. The number of anilines is 1. The van der Waals surface area contributed by atoms with E-state index in [1.165, 1.54) is 0 Å². The van der Waals surface area contributed by atoms with Gasteiger partial charge in [-0.25, -0.2) is 9.97 Å². The first-order chi connectivity index (χ1) is 9.68. The molecule has 0 radical (unpaired) electrons. The van der Waals surface area contributed by atoms with Gasteiger partial charge in [0.25, 0.3) is 0 Å².